The Kier molecular flexibility index (Phi) is 8.47. The van der Waals surface area contributed by atoms with Crippen LogP contribution in [0.5, 0.6) is 0 Å². The Morgan fingerprint density at radius 3 is 1.44 bits per heavy atom. The van der Waals surface area contributed by atoms with Gasteiger partial charge in [0, 0.05) is 18.8 Å². The number of benzene rings is 1. The van der Waals surface area contributed by atoms with Crippen molar-refractivity contribution in [1.29, 1.82) is 0 Å². The lowest BCUT2D eigenvalue weighted by molar-refractivity contribution is -0.137. The molecule has 2 rings (SSSR count). The van der Waals surface area contributed by atoms with Gasteiger partial charge >= 0.3 is 6.18 Å². The fraction of sp³-hybridized carbons (Fsp3) is 0.647. The van der Waals surface area contributed by atoms with Gasteiger partial charge in [-0.1, -0.05) is 0 Å². The van der Waals surface area contributed by atoms with Crippen LogP contribution in [0, 0.1) is 0 Å². The Hall–Kier alpha value is -1.35. The summed E-state index contributed by atoms with van der Waals surface area (Å²) in [5.41, 5.74) is 0.0494. The molecule has 1 aliphatic rings. The molecule has 0 radical (unpaired) electrons. The summed E-state index contributed by atoms with van der Waals surface area (Å²) in [5, 5.41) is 0. The zero-order valence-electron chi connectivity index (χ0n) is 14.1. The zero-order chi connectivity index (χ0) is 18.0. The van der Waals surface area contributed by atoms with Crippen LogP contribution in [0.15, 0.2) is 24.3 Å². The maximum atomic E-state index is 12.7. The first-order valence-corrected chi connectivity index (χ1v) is 8.30. The molecule has 25 heavy (non-hydrogen) atoms. The molecule has 1 saturated heterocycles. The number of anilines is 1. The highest BCUT2D eigenvalue weighted by Gasteiger charge is 2.30. The van der Waals surface area contributed by atoms with Crippen molar-refractivity contribution in [3.05, 3.63) is 29.8 Å². The molecule has 1 fully saturated rings. The van der Waals surface area contributed by atoms with Gasteiger partial charge in [-0.3, -0.25) is 0 Å². The Morgan fingerprint density at radius 2 is 1.04 bits per heavy atom. The third kappa shape index (κ3) is 7.60. The van der Waals surface area contributed by atoms with Gasteiger partial charge in [0.25, 0.3) is 0 Å². The molecule has 1 heterocycles. The van der Waals surface area contributed by atoms with Crippen LogP contribution < -0.4 is 4.90 Å². The average Bonchev–Trinajstić information content (AvgIpc) is 2.60. The minimum atomic E-state index is -4.33. The van der Waals surface area contributed by atoms with Crippen LogP contribution in [0.25, 0.3) is 0 Å². The summed E-state index contributed by atoms with van der Waals surface area (Å²) in [6.45, 7) is 4.98. The number of halogens is 3. The molecule has 1 aliphatic heterocycles. The number of ether oxygens (including phenoxy) is 4. The molecule has 0 N–H and O–H groups in total. The SMILES string of the molecule is FC(F)(F)c1ccc(N2CCOCCOCCOCCOCC2)cc1. The zero-order valence-corrected chi connectivity index (χ0v) is 14.1. The Balaban J connectivity index is 1.94. The lowest BCUT2D eigenvalue weighted by atomic mass is 10.2. The minimum absolute atomic E-state index is 0.459. The van der Waals surface area contributed by atoms with Gasteiger partial charge in [0.15, 0.2) is 0 Å². The van der Waals surface area contributed by atoms with E-state index in [-0.39, 0.29) is 0 Å². The standard InChI is InChI=1S/C17H24F3NO4/c18-17(19,20)15-1-3-16(4-2-15)21-5-7-22-9-11-24-13-14-25-12-10-23-8-6-21/h1-4H,5-14H2. The summed E-state index contributed by atoms with van der Waals surface area (Å²) in [6.07, 6.45) is -4.33. The van der Waals surface area contributed by atoms with Gasteiger partial charge in [0.05, 0.1) is 58.4 Å². The Morgan fingerprint density at radius 1 is 0.640 bits per heavy atom. The van der Waals surface area contributed by atoms with E-state index in [0.717, 1.165) is 12.1 Å². The molecule has 0 atom stereocenters. The Labute approximate surface area is 145 Å². The molecular formula is C17H24F3NO4. The first-order chi connectivity index (χ1) is 12.1. The van der Waals surface area contributed by atoms with Crippen molar-refractivity contribution in [2.75, 3.05) is 70.8 Å². The molecule has 1 aromatic carbocycles. The number of alkyl halides is 3. The van der Waals surface area contributed by atoms with Gasteiger partial charge in [0.2, 0.25) is 0 Å². The summed E-state index contributed by atoms with van der Waals surface area (Å²) in [7, 11) is 0. The van der Waals surface area contributed by atoms with Crippen molar-refractivity contribution in [2.45, 2.75) is 6.18 Å². The second-order valence-electron chi connectivity index (χ2n) is 5.48. The maximum Gasteiger partial charge on any atom is 0.416 e. The van der Waals surface area contributed by atoms with Crippen molar-refractivity contribution in [2.24, 2.45) is 0 Å². The minimum Gasteiger partial charge on any atom is -0.377 e. The third-order valence-electron chi connectivity index (χ3n) is 3.69. The van der Waals surface area contributed by atoms with E-state index in [1.807, 2.05) is 4.90 Å². The topological polar surface area (TPSA) is 40.2 Å². The van der Waals surface area contributed by atoms with E-state index >= 15 is 0 Å². The van der Waals surface area contributed by atoms with Gasteiger partial charge in [-0.2, -0.15) is 13.2 Å². The second kappa shape index (κ2) is 10.6. The Bertz CT molecular complexity index is 466. The van der Waals surface area contributed by atoms with E-state index in [1.54, 1.807) is 0 Å². The van der Waals surface area contributed by atoms with E-state index in [4.69, 9.17) is 18.9 Å². The smallest absolute Gasteiger partial charge is 0.377 e. The van der Waals surface area contributed by atoms with Crippen LogP contribution in [0.1, 0.15) is 5.56 Å². The van der Waals surface area contributed by atoms with E-state index in [1.165, 1.54) is 12.1 Å². The van der Waals surface area contributed by atoms with Crippen LogP contribution in [-0.4, -0.2) is 65.9 Å². The molecule has 0 saturated carbocycles. The second-order valence-corrected chi connectivity index (χ2v) is 5.48. The fourth-order valence-electron chi connectivity index (χ4n) is 2.34. The van der Waals surface area contributed by atoms with Crippen molar-refractivity contribution < 1.29 is 32.1 Å². The molecule has 0 aliphatic carbocycles. The molecular weight excluding hydrogens is 339 g/mol. The van der Waals surface area contributed by atoms with Crippen molar-refractivity contribution in [1.82, 2.24) is 0 Å². The average molecular weight is 363 g/mol. The van der Waals surface area contributed by atoms with Crippen LogP contribution >= 0.6 is 0 Å². The fourth-order valence-corrected chi connectivity index (χ4v) is 2.34. The summed E-state index contributed by atoms with van der Waals surface area (Å²) in [4.78, 5) is 1.95. The van der Waals surface area contributed by atoms with Crippen LogP contribution in [0.3, 0.4) is 0 Å². The van der Waals surface area contributed by atoms with Gasteiger partial charge in [-0.15, -0.1) is 0 Å². The molecule has 5 nitrogen and oxygen atoms in total. The molecule has 0 unspecified atom stereocenters. The number of hydrogen-bond donors (Lipinski definition) is 0. The number of nitrogens with zero attached hydrogens (tertiary/aromatic N) is 1. The largest absolute Gasteiger partial charge is 0.416 e. The molecule has 1 aromatic rings. The summed E-state index contributed by atoms with van der Waals surface area (Å²) >= 11 is 0. The summed E-state index contributed by atoms with van der Waals surface area (Å²) in [5.74, 6) is 0. The number of rotatable bonds is 1. The van der Waals surface area contributed by atoms with Gasteiger partial charge in [-0.05, 0) is 24.3 Å². The monoisotopic (exact) mass is 363 g/mol. The van der Waals surface area contributed by atoms with E-state index in [2.05, 4.69) is 0 Å². The summed E-state index contributed by atoms with van der Waals surface area (Å²) < 4.78 is 59.8. The highest BCUT2D eigenvalue weighted by molar-refractivity contribution is 5.48. The molecule has 142 valence electrons. The first-order valence-electron chi connectivity index (χ1n) is 8.30. The quantitative estimate of drug-likeness (QED) is 0.767. The summed E-state index contributed by atoms with van der Waals surface area (Å²) in [6, 6.07) is 5.13. The van der Waals surface area contributed by atoms with E-state index in [9.17, 15) is 13.2 Å². The van der Waals surface area contributed by atoms with Crippen molar-refractivity contribution in [3.8, 4) is 0 Å². The highest BCUT2D eigenvalue weighted by Crippen LogP contribution is 2.30. The molecule has 0 aromatic heterocycles. The van der Waals surface area contributed by atoms with Crippen molar-refractivity contribution in [3.63, 3.8) is 0 Å². The number of hydrogen-bond acceptors (Lipinski definition) is 5. The molecule has 0 spiro atoms. The lowest BCUT2D eigenvalue weighted by Gasteiger charge is -2.25. The normalized spacial score (nSPS) is 19.9. The van der Waals surface area contributed by atoms with Crippen LogP contribution in [-0.2, 0) is 25.1 Å². The third-order valence-corrected chi connectivity index (χ3v) is 3.69. The molecule has 8 heteroatoms. The van der Waals surface area contributed by atoms with Crippen LogP contribution in [0.4, 0.5) is 18.9 Å². The van der Waals surface area contributed by atoms with Crippen LogP contribution in [0.2, 0.25) is 0 Å². The highest BCUT2D eigenvalue weighted by atomic mass is 19.4. The maximum absolute atomic E-state index is 12.7. The van der Waals surface area contributed by atoms with Gasteiger partial charge < -0.3 is 23.8 Å². The van der Waals surface area contributed by atoms with E-state index < -0.39 is 11.7 Å². The first kappa shape index (κ1) is 20.0. The molecule has 0 bridgehead atoms. The van der Waals surface area contributed by atoms with E-state index in [0.29, 0.717) is 71.6 Å². The predicted molar refractivity (Wildman–Crippen MR) is 86.9 cm³/mol. The lowest BCUT2D eigenvalue weighted by Crippen LogP contribution is -2.31. The molecule has 0 amide bonds. The van der Waals surface area contributed by atoms with Gasteiger partial charge in [0.1, 0.15) is 0 Å². The van der Waals surface area contributed by atoms with Gasteiger partial charge in [-0.25, -0.2) is 0 Å². The van der Waals surface area contributed by atoms with Crippen molar-refractivity contribution >= 4 is 5.69 Å². The predicted octanol–water partition coefficient (Wildman–Crippen LogP) is 2.59.